The molecule has 4 aromatic rings. The van der Waals surface area contributed by atoms with E-state index < -0.39 is 18.3 Å². The van der Waals surface area contributed by atoms with E-state index in [1.165, 1.54) is 0 Å². The second kappa shape index (κ2) is 8.28. The molecule has 2 aromatic heterocycles. The SMILES string of the molecule is Cc1ccccc1-n1nnc(C(=O)Nc2ccc3cc(B4OC(C)(C)C(C)(C)O4)ccc3n2)c1C. The number of fused-ring (bicyclic) bond motifs is 1. The summed E-state index contributed by atoms with van der Waals surface area (Å²) in [5.74, 6) is 0.0822. The summed E-state index contributed by atoms with van der Waals surface area (Å²) >= 11 is 0. The number of aryl methyl sites for hydroxylation is 1. The van der Waals surface area contributed by atoms with Crippen molar-refractivity contribution in [1.29, 1.82) is 0 Å². The zero-order valence-electron chi connectivity index (χ0n) is 20.8. The van der Waals surface area contributed by atoms with Crippen molar-refractivity contribution in [3.63, 3.8) is 0 Å². The maximum Gasteiger partial charge on any atom is 0.494 e. The van der Waals surface area contributed by atoms with E-state index in [0.717, 1.165) is 27.6 Å². The summed E-state index contributed by atoms with van der Waals surface area (Å²) < 4.78 is 14.0. The fraction of sp³-hybridized carbons (Fsp3) is 0.308. The lowest BCUT2D eigenvalue weighted by atomic mass is 9.78. The summed E-state index contributed by atoms with van der Waals surface area (Å²) in [6.45, 7) is 12.0. The van der Waals surface area contributed by atoms with Gasteiger partial charge in [0.25, 0.3) is 5.91 Å². The predicted molar refractivity (Wildman–Crippen MR) is 136 cm³/mol. The zero-order valence-corrected chi connectivity index (χ0v) is 20.8. The van der Waals surface area contributed by atoms with Crippen LogP contribution in [-0.4, -0.2) is 44.2 Å². The quantitative estimate of drug-likeness (QED) is 0.455. The van der Waals surface area contributed by atoms with Gasteiger partial charge >= 0.3 is 7.12 Å². The van der Waals surface area contributed by atoms with Crippen LogP contribution in [0.25, 0.3) is 16.6 Å². The molecule has 0 saturated carbocycles. The van der Waals surface area contributed by atoms with Crippen molar-refractivity contribution in [3.8, 4) is 5.69 Å². The highest BCUT2D eigenvalue weighted by Gasteiger charge is 2.51. The van der Waals surface area contributed by atoms with Crippen molar-refractivity contribution in [1.82, 2.24) is 20.0 Å². The minimum absolute atomic E-state index is 0.256. The number of pyridine rings is 1. The van der Waals surface area contributed by atoms with Crippen LogP contribution in [0.5, 0.6) is 0 Å². The lowest BCUT2D eigenvalue weighted by Gasteiger charge is -2.32. The van der Waals surface area contributed by atoms with Gasteiger partial charge in [0.15, 0.2) is 5.69 Å². The largest absolute Gasteiger partial charge is 0.494 e. The Labute approximate surface area is 204 Å². The standard InChI is InChI=1S/C26H28BN5O3/c1-16-9-7-8-10-21(16)32-17(2)23(30-31-32)24(33)29-22-14-11-18-15-19(12-13-20(18)28-22)27-34-25(3,4)26(5,6)35-27/h7-15H,1-6H3,(H,28,29,33). The van der Waals surface area contributed by atoms with Gasteiger partial charge in [-0.15, -0.1) is 5.10 Å². The van der Waals surface area contributed by atoms with Crippen LogP contribution in [-0.2, 0) is 9.31 Å². The van der Waals surface area contributed by atoms with E-state index in [9.17, 15) is 4.79 Å². The van der Waals surface area contributed by atoms with E-state index in [4.69, 9.17) is 9.31 Å². The summed E-state index contributed by atoms with van der Waals surface area (Å²) in [5.41, 5.74) is 3.72. The van der Waals surface area contributed by atoms with Gasteiger partial charge in [0.05, 0.1) is 28.1 Å². The van der Waals surface area contributed by atoms with Crippen LogP contribution < -0.4 is 10.8 Å². The van der Waals surface area contributed by atoms with Gasteiger partial charge in [0.2, 0.25) is 0 Å². The minimum Gasteiger partial charge on any atom is -0.399 e. The summed E-state index contributed by atoms with van der Waals surface area (Å²) in [7, 11) is -0.442. The van der Waals surface area contributed by atoms with E-state index in [1.807, 2.05) is 90.1 Å². The van der Waals surface area contributed by atoms with E-state index in [-0.39, 0.29) is 11.6 Å². The molecule has 0 atom stereocenters. The van der Waals surface area contributed by atoms with E-state index in [0.29, 0.717) is 11.5 Å². The van der Waals surface area contributed by atoms with Gasteiger partial charge in [-0.05, 0) is 82.2 Å². The average molecular weight is 469 g/mol. The van der Waals surface area contributed by atoms with Crippen LogP contribution in [0.4, 0.5) is 5.82 Å². The Hall–Kier alpha value is -3.56. The van der Waals surface area contributed by atoms with E-state index in [1.54, 1.807) is 10.7 Å². The molecule has 1 aliphatic heterocycles. The summed E-state index contributed by atoms with van der Waals surface area (Å²) in [4.78, 5) is 17.6. The lowest BCUT2D eigenvalue weighted by Crippen LogP contribution is -2.41. The second-order valence-corrected chi connectivity index (χ2v) is 9.91. The van der Waals surface area contributed by atoms with Crippen molar-refractivity contribution in [2.75, 3.05) is 5.32 Å². The number of aromatic nitrogens is 4. The number of hydrogen-bond donors (Lipinski definition) is 1. The minimum atomic E-state index is -0.442. The van der Waals surface area contributed by atoms with Crippen LogP contribution in [0.1, 0.15) is 49.4 Å². The monoisotopic (exact) mass is 469 g/mol. The summed E-state index contributed by atoms with van der Waals surface area (Å²) in [5, 5.41) is 12.1. The van der Waals surface area contributed by atoms with Gasteiger partial charge in [-0.3, -0.25) is 4.79 Å². The lowest BCUT2D eigenvalue weighted by molar-refractivity contribution is 0.00578. The second-order valence-electron chi connectivity index (χ2n) is 9.91. The maximum atomic E-state index is 13.0. The van der Waals surface area contributed by atoms with Crippen molar-refractivity contribution in [2.24, 2.45) is 0 Å². The fourth-order valence-corrected chi connectivity index (χ4v) is 4.08. The van der Waals surface area contributed by atoms with Gasteiger partial charge in [-0.25, -0.2) is 9.67 Å². The first-order valence-corrected chi connectivity index (χ1v) is 11.6. The molecule has 1 N–H and O–H groups in total. The van der Waals surface area contributed by atoms with Gasteiger partial charge < -0.3 is 14.6 Å². The number of carbonyl (C=O) groups excluding carboxylic acids is 1. The average Bonchev–Trinajstić information content (AvgIpc) is 3.29. The normalized spacial score (nSPS) is 16.6. The smallest absolute Gasteiger partial charge is 0.399 e. The van der Waals surface area contributed by atoms with Crippen LogP contribution in [0.15, 0.2) is 54.6 Å². The third kappa shape index (κ3) is 4.11. The van der Waals surface area contributed by atoms with Crippen LogP contribution in [0.2, 0.25) is 0 Å². The number of carbonyl (C=O) groups is 1. The Kier molecular flexibility index (Phi) is 5.49. The Balaban J connectivity index is 1.36. The van der Waals surface area contributed by atoms with E-state index in [2.05, 4.69) is 20.6 Å². The topological polar surface area (TPSA) is 91.2 Å². The van der Waals surface area contributed by atoms with Crippen molar-refractivity contribution in [2.45, 2.75) is 52.7 Å². The maximum absolute atomic E-state index is 13.0. The van der Waals surface area contributed by atoms with Gasteiger partial charge in [-0.1, -0.05) is 35.5 Å². The molecule has 1 aliphatic rings. The van der Waals surface area contributed by atoms with Crippen molar-refractivity contribution >= 4 is 35.2 Å². The molecule has 0 spiro atoms. The summed E-state index contributed by atoms with van der Waals surface area (Å²) in [6, 6.07) is 17.4. The highest BCUT2D eigenvalue weighted by molar-refractivity contribution is 6.62. The Morgan fingerprint density at radius 2 is 1.69 bits per heavy atom. The molecule has 0 aliphatic carbocycles. The summed E-state index contributed by atoms with van der Waals surface area (Å²) in [6.07, 6.45) is 0. The fourth-order valence-electron chi connectivity index (χ4n) is 4.08. The van der Waals surface area contributed by atoms with Crippen molar-refractivity contribution < 1.29 is 14.1 Å². The van der Waals surface area contributed by atoms with E-state index >= 15 is 0 Å². The van der Waals surface area contributed by atoms with Crippen LogP contribution >= 0.6 is 0 Å². The number of hydrogen-bond acceptors (Lipinski definition) is 6. The number of para-hydroxylation sites is 1. The molecule has 1 fully saturated rings. The molecule has 35 heavy (non-hydrogen) atoms. The Morgan fingerprint density at radius 1 is 0.971 bits per heavy atom. The zero-order chi connectivity index (χ0) is 25.0. The molecule has 5 rings (SSSR count). The number of benzene rings is 2. The first-order chi connectivity index (χ1) is 16.6. The molecule has 2 aromatic carbocycles. The molecule has 0 radical (unpaired) electrons. The van der Waals surface area contributed by atoms with Gasteiger partial charge in [0, 0.05) is 0 Å². The van der Waals surface area contributed by atoms with Crippen LogP contribution in [0, 0.1) is 13.8 Å². The molecule has 178 valence electrons. The Morgan fingerprint density at radius 3 is 2.40 bits per heavy atom. The Bertz CT molecular complexity index is 1430. The molecule has 1 amide bonds. The highest BCUT2D eigenvalue weighted by atomic mass is 16.7. The molecule has 0 unspecified atom stereocenters. The predicted octanol–water partition coefficient (Wildman–Crippen LogP) is 3.98. The van der Waals surface area contributed by atoms with Gasteiger partial charge in [0.1, 0.15) is 5.82 Å². The number of rotatable bonds is 4. The first kappa shape index (κ1) is 23.2. The molecule has 8 nitrogen and oxygen atoms in total. The highest BCUT2D eigenvalue weighted by Crippen LogP contribution is 2.36. The number of nitrogens with one attached hydrogen (secondary N) is 1. The number of nitrogens with zero attached hydrogens (tertiary/aromatic N) is 4. The molecule has 3 heterocycles. The number of amides is 1. The number of anilines is 1. The molecular weight excluding hydrogens is 441 g/mol. The first-order valence-electron chi connectivity index (χ1n) is 11.6. The van der Waals surface area contributed by atoms with Crippen molar-refractivity contribution in [3.05, 3.63) is 71.5 Å². The van der Waals surface area contributed by atoms with Gasteiger partial charge in [-0.2, -0.15) is 0 Å². The molecule has 0 bridgehead atoms. The van der Waals surface area contributed by atoms with Crippen LogP contribution in [0.3, 0.4) is 0 Å². The third-order valence-corrected chi connectivity index (χ3v) is 6.93. The third-order valence-electron chi connectivity index (χ3n) is 6.93. The molecule has 9 heteroatoms. The molecular formula is C26H28BN5O3. The molecule has 1 saturated heterocycles.